The minimum Gasteiger partial charge on any atom is -0.361 e. The van der Waals surface area contributed by atoms with Crippen LogP contribution in [0.2, 0.25) is 0 Å². The number of aryl methyl sites for hydroxylation is 3. The smallest absolute Gasteiger partial charge is 0.251 e. The molecule has 1 aliphatic rings. The maximum atomic E-state index is 12.7. The number of H-pyrrole nitrogens is 1. The van der Waals surface area contributed by atoms with E-state index in [4.69, 9.17) is 4.52 Å². The first kappa shape index (κ1) is 20.8. The van der Waals surface area contributed by atoms with Gasteiger partial charge in [0.05, 0.1) is 12.1 Å². The molecule has 4 rings (SSSR count). The molecule has 1 N–H and O–H groups in total. The van der Waals surface area contributed by atoms with E-state index in [2.05, 4.69) is 25.0 Å². The molecule has 0 aliphatic carbocycles. The van der Waals surface area contributed by atoms with Crippen LogP contribution >= 0.6 is 0 Å². The van der Waals surface area contributed by atoms with Crippen molar-refractivity contribution in [1.82, 2.24) is 25.0 Å². The molecule has 0 saturated carbocycles. The summed E-state index contributed by atoms with van der Waals surface area (Å²) >= 11 is 0. The minimum atomic E-state index is -0.164. The van der Waals surface area contributed by atoms with Gasteiger partial charge < -0.3 is 19.3 Å². The normalized spacial score (nSPS) is 14.2. The highest BCUT2D eigenvalue weighted by molar-refractivity contribution is 5.79. The number of piperazine rings is 1. The van der Waals surface area contributed by atoms with Crippen LogP contribution in [0, 0.1) is 13.8 Å². The highest BCUT2D eigenvalue weighted by Crippen LogP contribution is 2.20. The number of carbonyl (C=O) groups is 1. The largest absolute Gasteiger partial charge is 0.361 e. The third-order valence-corrected chi connectivity index (χ3v) is 5.64. The fraction of sp³-hybridized carbons (Fsp3) is 0.409. The molecule has 0 aromatic carbocycles. The lowest BCUT2D eigenvalue weighted by Gasteiger charge is -2.35. The van der Waals surface area contributed by atoms with Crippen LogP contribution < -0.4 is 10.5 Å². The van der Waals surface area contributed by atoms with E-state index >= 15 is 0 Å². The average Bonchev–Trinajstić information content (AvgIpc) is 3.11. The van der Waals surface area contributed by atoms with Crippen LogP contribution in [0.3, 0.4) is 0 Å². The van der Waals surface area contributed by atoms with Gasteiger partial charge in [-0.3, -0.25) is 9.59 Å². The molecule has 1 fully saturated rings. The molecular weight excluding hydrogens is 396 g/mol. The molecule has 0 spiro atoms. The number of carbonyl (C=O) groups excluding carboxylic acids is 1. The summed E-state index contributed by atoms with van der Waals surface area (Å²) in [6.07, 6.45) is 2.74. The Balaban J connectivity index is 1.38. The minimum absolute atomic E-state index is 0.0863. The van der Waals surface area contributed by atoms with E-state index < -0.39 is 0 Å². The molecule has 31 heavy (non-hydrogen) atoms. The van der Waals surface area contributed by atoms with E-state index in [1.54, 1.807) is 6.20 Å². The topological polar surface area (TPSA) is 108 Å². The molecule has 9 nitrogen and oxygen atoms in total. The van der Waals surface area contributed by atoms with Gasteiger partial charge in [0, 0.05) is 55.3 Å². The first-order valence-corrected chi connectivity index (χ1v) is 10.5. The Morgan fingerprint density at radius 2 is 1.97 bits per heavy atom. The Kier molecular flexibility index (Phi) is 5.83. The zero-order valence-corrected chi connectivity index (χ0v) is 18.0. The van der Waals surface area contributed by atoms with E-state index in [0.29, 0.717) is 50.6 Å². The number of aromatic nitrogens is 4. The van der Waals surface area contributed by atoms with E-state index in [9.17, 15) is 9.59 Å². The molecule has 162 valence electrons. The lowest BCUT2D eigenvalue weighted by atomic mass is 10.1. The predicted molar refractivity (Wildman–Crippen MR) is 116 cm³/mol. The Hall–Kier alpha value is -3.49. The van der Waals surface area contributed by atoms with Gasteiger partial charge in [0.2, 0.25) is 5.91 Å². The second kappa shape index (κ2) is 8.71. The number of hydrogen-bond acceptors (Lipinski definition) is 7. The summed E-state index contributed by atoms with van der Waals surface area (Å²) in [5.74, 6) is 2.16. The second-order valence-corrected chi connectivity index (χ2v) is 7.69. The Morgan fingerprint density at radius 1 is 1.19 bits per heavy atom. The predicted octanol–water partition coefficient (Wildman–Crippen LogP) is 1.89. The van der Waals surface area contributed by atoms with E-state index in [-0.39, 0.29) is 11.5 Å². The molecule has 4 heterocycles. The van der Waals surface area contributed by atoms with Crippen molar-refractivity contribution in [2.75, 3.05) is 31.1 Å². The number of nitrogens with zero attached hydrogens (tertiary/aromatic N) is 5. The fourth-order valence-electron chi connectivity index (χ4n) is 3.74. The number of hydrogen-bond donors (Lipinski definition) is 1. The van der Waals surface area contributed by atoms with Gasteiger partial charge in [-0.15, -0.1) is 0 Å². The summed E-state index contributed by atoms with van der Waals surface area (Å²) in [4.78, 5) is 40.3. The van der Waals surface area contributed by atoms with Crippen LogP contribution in [0.25, 0.3) is 11.4 Å². The lowest BCUT2D eigenvalue weighted by molar-refractivity contribution is -0.130. The van der Waals surface area contributed by atoms with Crippen molar-refractivity contribution in [3.63, 3.8) is 0 Å². The highest BCUT2D eigenvalue weighted by Gasteiger charge is 2.24. The molecule has 1 saturated heterocycles. The van der Waals surface area contributed by atoms with Crippen LogP contribution in [-0.2, 0) is 17.6 Å². The van der Waals surface area contributed by atoms with Crippen molar-refractivity contribution in [2.24, 2.45) is 0 Å². The van der Waals surface area contributed by atoms with Crippen molar-refractivity contribution in [3.8, 4) is 11.4 Å². The molecule has 0 radical (unpaired) electrons. The average molecular weight is 422 g/mol. The van der Waals surface area contributed by atoms with Gasteiger partial charge in [-0.2, -0.15) is 0 Å². The van der Waals surface area contributed by atoms with Crippen LogP contribution in [0.4, 0.5) is 5.82 Å². The van der Waals surface area contributed by atoms with E-state index in [1.807, 2.05) is 37.8 Å². The highest BCUT2D eigenvalue weighted by atomic mass is 16.5. The standard InChI is InChI=1S/C22H26N6O3/c1-4-17-11-20(29)25-22(24-17)16-5-6-19(23-13-16)27-7-9-28(10-8-27)21(30)12-18-14(2)26-31-15(18)3/h5-6,11,13H,4,7-10,12H2,1-3H3,(H,24,25,29). The summed E-state index contributed by atoms with van der Waals surface area (Å²) in [6.45, 7) is 8.35. The van der Waals surface area contributed by atoms with Gasteiger partial charge in [0.15, 0.2) is 0 Å². The second-order valence-electron chi connectivity index (χ2n) is 7.69. The molecule has 0 atom stereocenters. The number of amides is 1. The Labute approximate surface area is 180 Å². The van der Waals surface area contributed by atoms with Crippen molar-refractivity contribution >= 4 is 11.7 Å². The maximum absolute atomic E-state index is 12.7. The third-order valence-electron chi connectivity index (χ3n) is 5.64. The van der Waals surface area contributed by atoms with Crippen molar-refractivity contribution in [3.05, 3.63) is 57.5 Å². The van der Waals surface area contributed by atoms with Gasteiger partial charge in [-0.25, -0.2) is 9.97 Å². The fourth-order valence-corrected chi connectivity index (χ4v) is 3.74. The van der Waals surface area contributed by atoms with Gasteiger partial charge in [0.1, 0.15) is 17.4 Å². The van der Waals surface area contributed by atoms with Crippen LogP contribution in [0.5, 0.6) is 0 Å². The van der Waals surface area contributed by atoms with Gasteiger partial charge >= 0.3 is 0 Å². The van der Waals surface area contributed by atoms with Crippen LogP contribution in [-0.4, -0.2) is 57.1 Å². The van der Waals surface area contributed by atoms with E-state index in [0.717, 1.165) is 28.3 Å². The molecule has 3 aromatic heterocycles. The third kappa shape index (κ3) is 4.50. The Morgan fingerprint density at radius 3 is 2.58 bits per heavy atom. The molecule has 1 amide bonds. The summed E-state index contributed by atoms with van der Waals surface area (Å²) < 4.78 is 5.16. The number of rotatable bonds is 5. The molecule has 9 heteroatoms. The van der Waals surface area contributed by atoms with Crippen molar-refractivity contribution in [2.45, 2.75) is 33.6 Å². The monoisotopic (exact) mass is 422 g/mol. The SMILES string of the molecule is CCc1cc(=O)[nH]c(-c2ccc(N3CCN(C(=O)Cc4c(C)noc4C)CC3)nc2)n1. The summed E-state index contributed by atoms with van der Waals surface area (Å²) in [7, 11) is 0. The number of pyridine rings is 1. The van der Waals surface area contributed by atoms with Crippen molar-refractivity contribution < 1.29 is 9.32 Å². The molecule has 1 aliphatic heterocycles. The van der Waals surface area contributed by atoms with Crippen LogP contribution in [0.1, 0.15) is 29.6 Å². The molecular formula is C22H26N6O3. The number of aromatic amines is 1. The molecule has 0 unspecified atom stereocenters. The molecule has 3 aromatic rings. The zero-order chi connectivity index (χ0) is 22.0. The maximum Gasteiger partial charge on any atom is 0.251 e. The van der Waals surface area contributed by atoms with Gasteiger partial charge in [-0.1, -0.05) is 12.1 Å². The number of nitrogens with one attached hydrogen (secondary N) is 1. The Bertz CT molecular complexity index is 1110. The van der Waals surface area contributed by atoms with Gasteiger partial charge in [0.25, 0.3) is 5.56 Å². The lowest BCUT2D eigenvalue weighted by Crippen LogP contribution is -2.49. The molecule has 0 bridgehead atoms. The van der Waals surface area contributed by atoms with Crippen LogP contribution in [0.15, 0.2) is 33.7 Å². The first-order valence-electron chi connectivity index (χ1n) is 10.5. The summed E-state index contributed by atoms with van der Waals surface area (Å²) in [6, 6.07) is 5.35. The number of anilines is 1. The summed E-state index contributed by atoms with van der Waals surface area (Å²) in [5.41, 5.74) is 3.01. The van der Waals surface area contributed by atoms with E-state index in [1.165, 1.54) is 6.07 Å². The van der Waals surface area contributed by atoms with Gasteiger partial charge in [-0.05, 0) is 32.4 Å². The quantitative estimate of drug-likeness (QED) is 0.669. The first-order chi connectivity index (χ1) is 14.9. The van der Waals surface area contributed by atoms with Crippen molar-refractivity contribution in [1.29, 1.82) is 0 Å². The zero-order valence-electron chi connectivity index (χ0n) is 18.0. The summed E-state index contributed by atoms with van der Waals surface area (Å²) in [5, 5.41) is 3.92.